The van der Waals surface area contributed by atoms with Crippen molar-refractivity contribution in [3.63, 3.8) is 0 Å². The van der Waals surface area contributed by atoms with E-state index in [1.54, 1.807) is 0 Å². The number of likely N-dealkylation sites (tertiary alicyclic amines) is 1. The van der Waals surface area contributed by atoms with Crippen LogP contribution in [0.1, 0.15) is 26.2 Å². The Morgan fingerprint density at radius 1 is 1.38 bits per heavy atom. The average molecular weight is 111 g/mol. The fourth-order valence-corrected chi connectivity index (χ4v) is 1.78. The maximum atomic E-state index is 2.62. The van der Waals surface area contributed by atoms with Gasteiger partial charge in [-0.15, -0.1) is 0 Å². The summed E-state index contributed by atoms with van der Waals surface area (Å²) in [5, 5.41) is 0. The Balaban J connectivity index is 1.79. The van der Waals surface area contributed by atoms with Crippen LogP contribution in [0.5, 0.6) is 0 Å². The molecule has 2 rings (SSSR count). The van der Waals surface area contributed by atoms with Gasteiger partial charge in [0.05, 0.1) is 0 Å². The van der Waals surface area contributed by atoms with E-state index in [0.29, 0.717) is 0 Å². The van der Waals surface area contributed by atoms with Crippen LogP contribution >= 0.6 is 0 Å². The molecule has 1 aliphatic carbocycles. The van der Waals surface area contributed by atoms with Gasteiger partial charge in [0.25, 0.3) is 0 Å². The maximum absolute atomic E-state index is 2.62. The highest BCUT2D eigenvalue weighted by Gasteiger charge is 2.53. The minimum Gasteiger partial charge on any atom is -0.294 e. The van der Waals surface area contributed by atoms with E-state index in [1.165, 1.54) is 25.8 Å². The van der Waals surface area contributed by atoms with Crippen LogP contribution in [0.3, 0.4) is 0 Å². The van der Waals surface area contributed by atoms with Crippen molar-refractivity contribution in [2.24, 2.45) is 0 Å². The smallest absolute Gasteiger partial charge is 0.0255 e. The predicted octanol–water partition coefficient (Wildman–Crippen LogP) is 1.24. The molecule has 2 aliphatic rings. The number of rotatable bonds is 2. The summed E-state index contributed by atoms with van der Waals surface area (Å²) in [4.78, 5) is 2.62. The molecule has 1 aliphatic heterocycles. The van der Waals surface area contributed by atoms with Gasteiger partial charge in [-0.05, 0) is 25.8 Å². The molecule has 0 aromatic heterocycles. The Bertz CT molecular complexity index is 90.6. The molecule has 1 heteroatoms. The topological polar surface area (TPSA) is 3.01 Å². The van der Waals surface area contributed by atoms with Gasteiger partial charge in [0.1, 0.15) is 0 Å². The molecule has 46 valence electrons. The Kier molecular flexibility index (Phi) is 0.884. The number of fused-ring (bicyclic) bond motifs is 1. The van der Waals surface area contributed by atoms with Crippen molar-refractivity contribution >= 4 is 0 Å². The van der Waals surface area contributed by atoms with E-state index in [2.05, 4.69) is 11.8 Å². The van der Waals surface area contributed by atoms with Crippen molar-refractivity contribution in [2.45, 2.75) is 38.3 Å². The summed E-state index contributed by atoms with van der Waals surface area (Å²) in [6.07, 6.45) is 4.32. The molecule has 0 aromatic rings. The standard InChI is InChI=1S/C7H13N/c1-2-5-8-6-3-4-7(6)8/h6-7H,2-5H2,1H3. The normalized spacial score (nSPS) is 49.9. The monoisotopic (exact) mass is 111 g/mol. The van der Waals surface area contributed by atoms with Gasteiger partial charge in [-0.3, -0.25) is 4.90 Å². The molecule has 1 nitrogen and oxygen atoms in total. The van der Waals surface area contributed by atoms with Crippen molar-refractivity contribution < 1.29 is 0 Å². The van der Waals surface area contributed by atoms with Gasteiger partial charge in [0.15, 0.2) is 0 Å². The highest BCUT2D eigenvalue weighted by atomic mass is 15.4. The fraction of sp³-hybridized carbons (Fsp3) is 1.00. The van der Waals surface area contributed by atoms with Crippen LogP contribution in [0.2, 0.25) is 0 Å². The molecule has 0 amide bonds. The molecule has 0 N–H and O–H groups in total. The van der Waals surface area contributed by atoms with Crippen LogP contribution in [0.15, 0.2) is 0 Å². The van der Waals surface area contributed by atoms with Crippen LogP contribution < -0.4 is 0 Å². The Labute approximate surface area is 50.7 Å². The first kappa shape index (κ1) is 4.80. The van der Waals surface area contributed by atoms with Gasteiger partial charge < -0.3 is 0 Å². The zero-order valence-electron chi connectivity index (χ0n) is 5.43. The summed E-state index contributed by atoms with van der Waals surface area (Å²) in [5.41, 5.74) is 0. The number of hydrogen-bond acceptors (Lipinski definition) is 1. The zero-order chi connectivity index (χ0) is 5.56. The fourth-order valence-electron chi connectivity index (χ4n) is 1.78. The van der Waals surface area contributed by atoms with Crippen molar-refractivity contribution in [3.05, 3.63) is 0 Å². The van der Waals surface area contributed by atoms with Gasteiger partial charge in [-0.1, -0.05) is 6.92 Å². The number of hydrogen-bond donors (Lipinski definition) is 0. The number of nitrogens with zero attached hydrogens (tertiary/aromatic N) is 1. The molecular weight excluding hydrogens is 98.1 g/mol. The van der Waals surface area contributed by atoms with E-state index in [0.717, 1.165) is 12.1 Å². The third-order valence-electron chi connectivity index (χ3n) is 2.45. The van der Waals surface area contributed by atoms with Crippen molar-refractivity contribution in [2.75, 3.05) is 6.54 Å². The molecular formula is C7H13N. The van der Waals surface area contributed by atoms with Gasteiger partial charge >= 0.3 is 0 Å². The first-order valence-corrected chi connectivity index (χ1v) is 3.69. The second-order valence-electron chi connectivity index (χ2n) is 2.95. The Morgan fingerprint density at radius 2 is 2.00 bits per heavy atom. The van der Waals surface area contributed by atoms with Crippen LogP contribution in [-0.2, 0) is 0 Å². The molecule has 1 heterocycles. The summed E-state index contributed by atoms with van der Waals surface area (Å²) in [6, 6.07) is 2.10. The van der Waals surface area contributed by atoms with E-state index < -0.39 is 0 Å². The van der Waals surface area contributed by atoms with E-state index in [1.807, 2.05) is 0 Å². The summed E-state index contributed by atoms with van der Waals surface area (Å²) in [5.74, 6) is 0. The van der Waals surface area contributed by atoms with Crippen LogP contribution in [0.4, 0.5) is 0 Å². The predicted molar refractivity (Wildman–Crippen MR) is 33.8 cm³/mol. The zero-order valence-corrected chi connectivity index (χ0v) is 5.43. The molecule has 2 unspecified atom stereocenters. The largest absolute Gasteiger partial charge is 0.294 e. The summed E-state index contributed by atoms with van der Waals surface area (Å²) in [6.45, 7) is 3.62. The highest BCUT2D eigenvalue weighted by molar-refractivity contribution is 5.10. The van der Waals surface area contributed by atoms with E-state index in [4.69, 9.17) is 0 Å². The first-order chi connectivity index (χ1) is 3.93. The molecule has 8 heavy (non-hydrogen) atoms. The Hall–Kier alpha value is -0.0400. The lowest BCUT2D eigenvalue weighted by molar-refractivity contribution is 0.511. The van der Waals surface area contributed by atoms with Gasteiger partial charge in [0, 0.05) is 12.1 Å². The van der Waals surface area contributed by atoms with E-state index in [9.17, 15) is 0 Å². The third-order valence-corrected chi connectivity index (χ3v) is 2.45. The van der Waals surface area contributed by atoms with Crippen molar-refractivity contribution in [1.29, 1.82) is 0 Å². The van der Waals surface area contributed by atoms with Crippen LogP contribution in [0, 0.1) is 0 Å². The Morgan fingerprint density at radius 3 is 2.38 bits per heavy atom. The molecule has 0 spiro atoms. The highest BCUT2D eigenvalue weighted by Crippen LogP contribution is 2.44. The molecule has 0 bridgehead atoms. The molecule has 1 saturated carbocycles. The second-order valence-corrected chi connectivity index (χ2v) is 2.95. The van der Waals surface area contributed by atoms with Gasteiger partial charge in [-0.25, -0.2) is 0 Å². The lowest BCUT2D eigenvalue weighted by Crippen LogP contribution is -2.04. The summed E-state index contributed by atoms with van der Waals surface area (Å²) >= 11 is 0. The molecule has 1 saturated heterocycles. The minimum absolute atomic E-state index is 1.05. The third kappa shape index (κ3) is 0.455. The van der Waals surface area contributed by atoms with Crippen LogP contribution in [0.25, 0.3) is 0 Å². The molecule has 2 atom stereocenters. The quantitative estimate of drug-likeness (QED) is 0.484. The second kappa shape index (κ2) is 1.47. The van der Waals surface area contributed by atoms with Crippen molar-refractivity contribution in [1.82, 2.24) is 4.90 Å². The van der Waals surface area contributed by atoms with Crippen molar-refractivity contribution in [3.8, 4) is 0 Å². The van der Waals surface area contributed by atoms with Crippen LogP contribution in [-0.4, -0.2) is 23.5 Å². The lowest BCUT2D eigenvalue weighted by Gasteiger charge is -2.00. The van der Waals surface area contributed by atoms with Gasteiger partial charge in [0.2, 0.25) is 0 Å². The lowest BCUT2D eigenvalue weighted by atomic mass is 10.0. The maximum Gasteiger partial charge on any atom is 0.0255 e. The van der Waals surface area contributed by atoms with Gasteiger partial charge in [-0.2, -0.15) is 0 Å². The van der Waals surface area contributed by atoms with E-state index in [-0.39, 0.29) is 0 Å². The summed E-state index contributed by atoms with van der Waals surface area (Å²) in [7, 11) is 0. The van der Waals surface area contributed by atoms with E-state index >= 15 is 0 Å². The minimum atomic E-state index is 1.05. The molecule has 2 fully saturated rings. The SMILES string of the molecule is CCCN1C2CCC21. The first-order valence-electron chi connectivity index (χ1n) is 3.69. The molecule has 0 aromatic carbocycles. The molecule has 0 radical (unpaired) electrons. The average Bonchev–Trinajstić information content (AvgIpc) is 2.07. The summed E-state index contributed by atoms with van der Waals surface area (Å²) < 4.78 is 0.